The van der Waals surface area contributed by atoms with Crippen LogP contribution in [-0.2, 0) is 4.74 Å². The highest BCUT2D eigenvalue weighted by Gasteiger charge is 2.44. The standard InChI is InChI=1S/C8H12N4O5.ClH/c9-3-1-2-12(8(15)10-3)7-5(14)4(13)6(11-16)17-7;/h1-2,4-7,11,13-14,16H,(H2,9,10,15);1H/t4-,5+,6-,7+;/m0./s1. The van der Waals surface area contributed by atoms with Crippen LogP contribution in [0.2, 0.25) is 0 Å². The van der Waals surface area contributed by atoms with E-state index < -0.39 is 30.4 Å². The molecule has 1 fully saturated rings. The zero-order chi connectivity index (χ0) is 12.6. The van der Waals surface area contributed by atoms with Gasteiger partial charge in [0, 0.05) is 6.20 Å². The first kappa shape index (κ1) is 14.8. The Bertz CT molecular complexity index is 469. The van der Waals surface area contributed by atoms with E-state index in [-0.39, 0.29) is 18.2 Å². The molecular formula is C8H13ClN4O5. The van der Waals surface area contributed by atoms with Gasteiger partial charge in [0.25, 0.3) is 0 Å². The number of aliphatic hydroxyl groups excluding tert-OH is 2. The average molecular weight is 281 g/mol. The van der Waals surface area contributed by atoms with Gasteiger partial charge < -0.3 is 25.9 Å². The zero-order valence-electron chi connectivity index (χ0n) is 9.00. The normalized spacial score (nSPS) is 31.1. The number of nitrogen functional groups attached to an aromatic ring is 1. The maximum atomic E-state index is 11.5. The van der Waals surface area contributed by atoms with Gasteiger partial charge in [0.15, 0.2) is 12.5 Å². The van der Waals surface area contributed by atoms with Crippen LogP contribution >= 0.6 is 12.4 Å². The molecular weight excluding hydrogens is 268 g/mol. The number of hydrogen-bond acceptors (Lipinski definition) is 8. The smallest absolute Gasteiger partial charge is 0.351 e. The van der Waals surface area contributed by atoms with E-state index in [1.165, 1.54) is 12.3 Å². The number of hydrogen-bond donors (Lipinski definition) is 5. The van der Waals surface area contributed by atoms with Crippen molar-refractivity contribution in [2.24, 2.45) is 0 Å². The summed E-state index contributed by atoms with van der Waals surface area (Å²) in [4.78, 5) is 14.9. The molecule has 0 aromatic carbocycles. The van der Waals surface area contributed by atoms with E-state index in [1.807, 2.05) is 0 Å². The summed E-state index contributed by atoms with van der Waals surface area (Å²) in [6, 6.07) is 1.35. The minimum atomic E-state index is -1.37. The van der Waals surface area contributed by atoms with Crippen molar-refractivity contribution in [2.45, 2.75) is 24.7 Å². The van der Waals surface area contributed by atoms with Crippen LogP contribution in [0.15, 0.2) is 17.1 Å². The fourth-order valence-corrected chi connectivity index (χ4v) is 1.62. The molecule has 9 nitrogen and oxygen atoms in total. The van der Waals surface area contributed by atoms with Gasteiger partial charge in [0.2, 0.25) is 0 Å². The molecule has 1 aliphatic rings. The number of nitrogens with one attached hydrogen (secondary N) is 1. The van der Waals surface area contributed by atoms with Crippen LogP contribution < -0.4 is 16.9 Å². The van der Waals surface area contributed by atoms with Gasteiger partial charge in [-0.05, 0) is 6.07 Å². The third-order valence-corrected chi connectivity index (χ3v) is 2.49. The molecule has 102 valence electrons. The number of anilines is 1. The van der Waals surface area contributed by atoms with Gasteiger partial charge in [-0.2, -0.15) is 10.5 Å². The summed E-state index contributed by atoms with van der Waals surface area (Å²) >= 11 is 0. The maximum Gasteiger partial charge on any atom is 0.351 e. The Morgan fingerprint density at radius 3 is 2.61 bits per heavy atom. The topological polar surface area (TPSA) is 143 Å². The third kappa shape index (κ3) is 2.46. The summed E-state index contributed by atoms with van der Waals surface area (Å²) in [5.41, 5.74) is 6.27. The highest BCUT2D eigenvalue weighted by molar-refractivity contribution is 5.85. The average Bonchev–Trinajstić information content (AvgIpc) is 2.57. The van der Waals surface area contributed by atoms with Crippen LogP contribution in [0.5, 0.6) is 0 Å². The lowest BCUT2D eigenvalue weighted by atomic mass is 10.2. The molecule has 0 amide bonds. The number of hydroxylamine groups is 1. The van der Waals surface area contributed by atoms with Crippen molar-refractivity contribution in [3.05, 3.63) is 22.7 Å². The molecule has 0 spiro atoms. The summed E-state index contributed by atoms with van der Waals surface area (Å²) in [6.07, 6.45) is -3.78. The molecule has 2 heterocycles. The zero-order valence-corrected chi connectivity index (χ0v) is 9.82. The Kier molecular flexibility index (Phi) is 4.62. The van der Waals surface area contributed by atoms with Crippen molar-refractivity contribution in [1.29, 1.82) is 0 Å². The van der Waals surface area contributed by atoms with Gasteiger partial charge in [-0.3, -0.25) is 4.57 Å². The first-order valence-electron chi connectivity index (χ1n) is 4.80. The third-order valence-electron chi connectivity index (χ3n) is 2.49. The molecule has 10 heteroatoms. The van der Waals surface area contributed by atoms with Crippen LogP contribution in [-0.4, -0.2) is 43.4 Å². The van der Waals surface area contributed by atoms with Crippen LogP contribution in [0.4, 0.5) is 5.82 Å². The fourth-order valence-electron chi connectivity index (χ4n) is 1.62. The van der Waals surface area contributed by atoms with Crippen LogP contribution in [0.1, 0.15) is 6.23 Å². The molecule has 0 radical (unpaired) electrons. The van der Waals surface area contributed by atoms with Crippen molar-refractivity contribution >= 4 is 18.2 Å². The first-order chi connectivity index (χ1) is 8.04. The maximum absolute atomic E-state index is 11.5. The Balaban J connectivity index is 0.00000162. The van der Waals surface area contributed by atoms with E-state index in [2.05, 4.69) is 4.98 Å². The molecule has 18 heavy (non-hydrogen) atoms. The molecule has 4 atom stereocenters. The summed E-state index contributed by atoms with van der Waals surface area (Å²) in [6.45, 7) is 0. The second kappa shape index (κ2) is 5.61. The van der Waals surface area contributed by atoms with E-state index in [4.69, 9.17) is 15.7 Å². The Morgan fingerprint density at radius 1 is 1.44 bits per heavy atom. The Hall–Kier alpha value is -1.23. The second-order valence-electron chi connectivity index (χ2n) is 3.60. The number of nitrogens with zero attached hydrogens (tertiary/aromatic N) is 2. The summed E-state index contributed by atoms with van der Waals surface area (Å²) in [7, 11) is 0. The molecule has 0 saturated carbocycles. The lowest BCUT2D eigenvalue weighted by Gasteiger charge is -2.16. The van der Waals surface area contributed by atoms with Crippen molar-refractivity contribution < 1.29 is 20.2 Å². The number of aromatic nitrogens is 2. The summed E-state index contributed by atoms with van der Waals surface area (Å²) in [5.74, 6) is 0.0381. The van der Waals surface area contributed by atoms with E-state index >= 15 is 0 Å². The van der Waals surface area contributed by atoms with E-state index in [9.17, 15) is 15.0 Å². The predicted molar refractivity (Wildman–Crippen MR) is 61.0 cm³/mol. The fraction of sp³-hybridized carbons (Fsp3) is 0.500. The molecule has 0 unspecified atom stereocenters. The molecule has 1 saturated heterocycles. The minimum absolute atomic E-state index is 0. The number of nitrogens with two attached hydrogens (primary N) is 1. The van der Waals surface area contributed by atoms with E-state index in [0.717, 1.165) is 4.57 Å². The lowest BCUT2D eigenvalue weighted by molar-refractivity contribution is -0.0973. The van der Waals surface area contributed by atoms with Gasteiger partial charge in [0.1, 0.15) is 18.0 Å². The van der Waals surface area contributed by atoms with E-state index in [0.29, 0.717) is 0 Å². The highest BCUT2D eigenvalue weighted by Crippen LogP contribution is 2.26. The molecule has 6 N–H and O–H groups in total. The monoisotopic (exact) mass is 280 g/mol. The quantitative estimate of drug-likeness (QED) is 0.384. The van der Waals surface area contributed by atoms with Crippen molar-refractivity contribution in [3.63, 3.8) is 0 Å². The molecule has 0 bridgehead atoms. The molecule has 2 rings (SSSR count). The van der Waals surface area contributed by atoms with Crippen LogP contribution in [0, 0.1) is 0 Å². The van der Waals surface area contributed by atoms with Gasteiger partial charge in [-0.1, -0.05) is 0 Å². The van der Waals surface area contributed by atoms with Crippen molar-refractivity contribution in [1.82, 2.24) is 15.0 Å². The molecule has 1 aromatic rings. The van der Waals surface area contributed by atoms with Crippen molar-refractivity contribution in [3.8, 4) is 0 Å². The predicted octanol–water partition coefficient (Wildman–Crippen LogP) is -2.20. The van der Waals surface area contributed by atoms with Gasteiger partial charge in [-0.25, -0.2) is 4.79 Å². The minimum Gasteiger partial charge on any atom is -0.386 e. The first-order valence-corrected chi connectivity index (χ1v) is 4.80. The number of aliphatic hydroxyl groups is 2. The lowest BCUT2D eigenvalue weighted by Crippen LogP contribution is -2.39. The summed E-state index contributed by atoms with van der Waals surface area (Å²) < 4.78 is 6.04. The number of rotatable bonds is 2. The van der Waals surface area contributed by atoms with Gasteiger partial charge >= 0.3 is 5.69 Å². The molecule has 1 aromatic heterocycles. The van der Waals surface area contributed by atoms with Crippen LogP contribution in [0.25, 0.3) is 0 Å². The van der Waals surface area contributed by atoms with Crippen molar-refractivity contribution in [2.75, 3.05) is 5.73 Å². The second-order valence-corrected chi connectivity index (χ2v) is 3.60. The molecule has 1 aliphatic heterocycles. The van der Waals surface area contributed by atoms with Gasteiger partial charge in [0.05, 0.1) is 0 Å². The van der Waals surface area contributed by atoms with E-state index in [1.54, 1.807) is 5.48 Å². The SMILES string of the molecule is Cl.Nc1ccn([C@@H]2O[C@H](NO)[C@@H](O)[C@H]2O)c(=O)n1. The highest BCUT2D eigenvalue weighted by atomic mass is 35.5. The Morgan fingerprint density at radius 2 is 2.11 bits per heavy atom. The number of ether oxygens (including phenoxy) is 1. The molecule has 0 aliphatic carbocycles. The summed E-state index contributed by atoms with van der Waals surface area (Å²) in [5, 5.41) is 27.8. The number of halogens is 1. The largest absolute Gasteiger partial charge is 0.386 e. The van der Waals surface area contributed by atoms with Crippen LogP contribution in [0.3, 0.4) is 0 Å². The van der Waals surface area contributed by atoms with Gasteiger partial charge in [-0.15, -0.1) is 12.4 Å². The Labute approximate surface area is 107 Å².